The van der Waals surface area contributed by atoms with E-state index in [1.165, 1.54) is 12.8 Å². The number of likely N-dealkylation sites (tertiary alicyclic amines) is 1. The molecular formula is C16H25N3O. The van der Waals surface area contributed by atoms with Gasteiger partial charge in [-0.05, 0) is 63.0 Å². The molecule has 0 saturated carbocycles. The van der Waals surface area contributed by atoms with Crippen molar-refractivity contribution in [1.82, 2.24) is 10.2 Å². The Kier molecular flexibility index (Phi) is 5.01. The topological polar surface area (TPSA) is 44.4 Å². The molecule has 1 atom stereocenters. The van der Waals surface area contributed by atoms with Crippen LogP contribution in [-0.4, -0.2) is 36.6 Å². The number of hydrogen-bond acceptors (Lipinski definition) is 2. The van der Waals surface area contributed by atoms with Crippen LogP contribution in [0.5, 0.6) is 0 Å². The van der Waals surface area contributed by atoms with Crippen LogP contribution in [0.3, 0.4) is 0 Å². The third-order valence-corrected chi connectivity index (χ3v) is 3.88. The lowest BCUT2D eigenvalue weighted by atomic mass is 10.1. The minimum Gasteiger partial charge on any atom is -0.336 e. The summed E-state index contributed by atoms with van der Waals surface area (Å²) in [4.78, 5) is 14.4. The lowest BCUT2D eigenvalue weighted by molar-refractivity contribution is 0.238. The molecule has 1 aromatic carbocycles. The van der Waals surface area contributed by atoms with E-state index in [0.717, 1.165) is 36.4 Å². The minimum atomic E-state index is -0.113. The van der Waals surface area contributed by atoms with E-state index in [1.807, 2.05) is 26.0 Å². The fourth-order valence-electron chi connectivity index (χ4n) is 2.98. The van der Waals surface area contributed by atoms with Gasteiger partial charge < -0.3 is 10.6 Å². The molecule has 2 amide bonds. The van der Waals surface area contributed by atoms with Crippen LogP contribution in [0.1, 0.15) is 30.9 Å². The minimum absolute atomic E-state index is 0.113. The van der Waals surface area contributed by atoms with Crippen molar-refractivity contribution in [2.24, 2.45) is 0 Å². The van der Waals surface area contributed by atoms with Gasteiger partial charge in [-0.25, -0.2) is 4.79 Å². The van der Waals surface area contributed by atoms with Crippen LogP contribution < -0.4 is 10.6 Å². The Hall–Kier alpha value is -1.55. The van der Waals surface area contributed by atoms with Crippen LogP contribution in [0, 0.1) is 13.8 Å². The van der Waals surface area contributed by atoms with E-state index < -0.39 is 0 Å². The molecule has 0 spiro atoms. The highest BCUT2D eigenvalue weighted by Gasteiger charge is 2.22. The first-order valence-corrected chi connectivity index (χ1v) is 7.45. The molecule has 1 saturated heterocycles. The summed E-state index contributed by atoms with van der Waals surface area (Å²) in [6.07, 6.45) is 2.41. The van der Waals surface area contributed by atoms with Crippen molar-refractivity contribution >= 4 is 11.7 Å². The Morgan fingerprint density at radius 2 is 2.00 bits per heavy atom. The molecule has 4 heteroatoms. The normalized spacial score (nSPS) is 19.1. The highest BCUT2D eigenvalue weighted by Crippen LogP contribution is 2.16. The van der Waals surface area contributed by atoms with Crippen LogP contribution in [-0.2, 0) is 0 Å². The number of likely N-dealkylation sites (N-methyl/N-ethyl adjacent to an activating group) is 1. The Morgan fingerprint density at radius 3 is 2.65 bits per heavy atom. The molecule has 1 heterocycles. The summed E-state index contributed by atoms with van der Waals surface area (Å²) in [6, 6.07) is 6.45. The first kappa shape index (κ1) is 14.9. The molecule has 0 bridgehead atoms. The average Bonchev–Trinajstić information content (AvgIpc) is 2.82. The van der Waals surface area contributed by atoms with E-state index in [4.69, 9.17) is 0 Å². The second kappa shape index (κ2) is 6.75. The van der Waals surface area contributed by atoms with Gasteiger partial charge in [0, 0.05) is 18.3 Å². The number of aryl methyl sites for hydroxylation is 2. The van der Waals surface area contributed by atoms with Gasteiger partial charge in [0.1, 0.15) is 0 Å². The fourth-order valence-corrected chi connectivity index (χ4v) is 2.98. The van der Waals surface area contributed by atoms with Crippen LogP contribution in [0.2, 0.25) is 0 Å². The van der Waals surface area contributed by atoms with Crippen molar-refractivity contribution < 1.29 is 4.79 Å². The van der Waals surface area contributed by atoms with E-state index in [1.54, 1.807) is 0 Å². The van der Waals surface area contributed by atoms with Gasteiger partial charge in [-0.1, -0.05) is 13.0 Å². The lowest BCUT2D eigenvalue weighted by Gasteiger charge is -2.23. The number of nitrogens with zero attached hydrogens (tertiary/aromatic N) is 1. The van der Waals surface area contributed by atoms with Crippen LogP contribution in [0.25, 0.3) is 0 Å². The maximum absolute atomic E-state index is 11.9. The van der Waals surface area contributed by atoms with Crippen LogP contribution >= 0.6 is 0 Å². The predicted octanol–water partition coefficient (Wildman–Crippen LogP) is 2.91. The van der Waals surface area contributed by atoms with Crippen molar-refractivity contribution in [3.8, 4) is 0 Å². The number of anilines is 1. The highest BCUT2D eigenvalue weighted by molar-refractivity contribution is 5.89. The number of rotatable bonds is 4. The number of amides is 2. The van der Waals surface area contributed by atoms with Gasteiger partial charge in [-0.15, -0.1) is 0 Å². The van der Waals surface area contributed by atoms with E-state index >= 15 is 0 Å². The average molecular weight is 275 g/mol. The number of benzene rings is 1. The van der Waals surface area contributed by atoms with Gasteiger partial charge in [0.2, 0.25) is 0 Å². The van der Waals surface area contributed by atoms with Crippen molar-refractivity contribution in [2.75, 3.05) is 25.0 Å². The fraction of sp³-hybridized carbons (Fsp3) is 0.562. The molecule has 1 fully saturated rings. The number of carbonyl (C=O) groups is 1. The molecule has 1 aliphatic rings. The standard InChI is InChI=1S/C16H25N3O/c1-4-19-7-5-6-15(19)11-17-16(20)18-14-9-12(2)8-13(3)10-14/h8-10,15H,4-7,11H2,1-3H3,(H2,17,18,20). The van der Waals surface area contributed by atoms with Gasteiger partial charge >= 0.3 is 6.03 Å². The summed E-state index contributed by atoms with van der Waals surface area (Å²) in [6.45, 7) is 9.19. The second-order valence-corrected chi connectivity index (χ2v) is 5.64. The van der Waals surface area contributed by atoms with Gasteiger partial charge in [0.05, 0.1) is 0 Å². The van der Waals surface area contributed by atoms with Gasteiger partial charge in [-0.2, -0.15) is 0 Å². The summed E-state index contributed by atoms with van der Waals surface area (Å²) < 4.78 is 0. The van der Waals surface area contributed by atoms with Gasteiger partial charge in [0.15, 0.2) is 0 Å². The van der Waals surface area contributed by atoms with Crippen LogP contribution in [0.4, 0.5) is 10.5 Å². The first-order chi connectivity index (χ1) is 9.58. The number of nitrogens with one attached hydrogen (secondary N) is 2. The first-order valence-electron chi connectivity index (χ1n) is 7.45. The van der Waals surface area contributed by atoms with Crippen LogP contribution in [0.15, 0.2) is 18.2 Å². The zero-order valence-electron chi connectivity index (χ0n) is 12.7. The van der Waals surface area contributed by atoms with E-state index in [0.29, 0.717) is 6.04 Å². The van der Waals surface area contributed by atoms with E-state index in [-0.39, 0.29) is 6.03 Å². The third-order valence-electron chi connectivity index (χ3n) is 3.88. The Labute approximate surface area is 121 Å². The zero-order valence-corrected chi connectivity index (χ0v) is 12.7. The number of carbonyl (C=O) groups excluding carboxylic acids is 1. The predicted molar refractivity (Wildman–Crippen MR) is 83.2 cm³/mol. The second-order valence-electron chi connectivity index (χ2n) is 5.64. The molecule has 2 N–H and O–H groups in total. The lowest BCUT2D eigenvalue weighted by Crippen LogP contribution is -2.41. The summed E-state index contributed by atoms with van der Waals surface area (Å²) in [5.41, 5.74) is 3.18. The molecule has 20 heavy (non-hydrogen) atoms. The smallest absolute Gasteiger partial charge is 0.319 e. The number of hydrogen-bond donors (Lipinski definition) is 2. The molecule has 0 radical (unpaired) electrons. The maximum Gasteiger partial charge on any atom is 0.319 e. The van der Waals surface area contributed by atoms with Crippen molar-refractivity contribution in [3.05, 3.63) is 29.3 Å². The molecule has 110 valence electrons. The number of urea groups is 1. The van der Waals surface area contributed by atoms with Crippen molar-refractivity contribution in [3.63, 3.8) is 0 Å². The summed E-state index contributed by atoms with van der Waals surface area (Å²) in [5, 5.41) is 5.90. The molecule has 1 aromatic rings. The molecule has 0 aliphatic carbocycles. The largest absolute Gasteiger partial charge is 0.336 e. The summed E-state index contributed by atoms with van der Waals surface area (Å²) in [7, 11) is 0. The maximum atomic E-state index is 11.9. The summed E-state index contributed by atoms with van der Waals surface area (Å²) >= 11 is 0. The third kappa shape index (κ3) is 3.97. The van der Waals surface area contributed by atoms with Gasteiger partial charge in [0.25, 0.3) is 0 Å². The van der Waals surface area contributed by atoms with Crippen molar-refractivity contribution in [1.29, 1.82) is 0 Å². The van der Waals surface area contributed by atoms with E-state index in [2.05, 4.69) is 28.5 Å². The molecule has 2 rings (SSSR count). The monoisotopic (exact) mass is 275 g/mol. The zero-order chi connectivity index (χ0) is 14.5. The quantitative estimate of drug-likeness (QED) is 0.887. The molecule has 1 aliphatic heterocycles. The van der Waals surface area contributed by atoms with E-state index in [9.17, 15) is 4.79 Å². The molecule has 4 nitrogen and oxygen atoms in total. The van der Waals surface area contributed by atoms with Gasteiger partial charge in [-0.3, -0.25) is 4.90 Å². The molecule has 1 unspecified atom stereocenters. The Balaban J connectivity index is 1.83. The molecular weight excluding hydrogens is 250 g/mol. The SMILES string of the molecule is CCN1CCCC1CNC(=O)Nc1cc(C)cc(C)c1. The Morgan fingerprint density at radius 1 is 1.30 bits per heavy atom. The van der Waals surface area contributed by atoms with Crippen molar-refractivity contribution in [2.45, 2.75) is 39.7 Å². The molecule has 0 aromatic heterocycles. The highest BCUT2D eigenvalue weighted by atomic mass is 16.2. The Bertz CT molecular complexity index is 453. The summed E-state index contributed by atoms with van der Waals surface area (Å²) in [5.74, 6) is 0.